The highest BCUT2D eigenvalue weighted by atomic mass is 35.5. The third kappa shape index (κ3) is 3.84. The van der Waals surface area contributed by atoms with Crippen molar-refractivity contribution < 1.29 is 15.0 Å². The molecule has 0 aliphatic carbocycles. The average Bonchev–Trinajstić information content (AvgIpc) is 2.94. The standard InChI is InChI=1S/C17H12ClN5O6/c1-9-13(17(25)21(20-9)11-4-2-3-10(18)5-11)8-19-14-6-12(22(26)27)7-15(16(14)24)23(28)29/h2-8,20,24H,1H3. The predicted molar refractivity (Wildman–Crippen MR) is 105 cm³/mol. The summed E-state index contributed by atoms with van der Waals surface area (Å²) in [5.41, 5.74) is -1.42. The van der Waals surface area contributed by atoms with Gasteiger partial charge in [0.1, 0.15) is 5.69 Å². The Morgan fingerprint density at radius 3 is 2.55 bits per heavy atom. The van der Waals surface area contributed by atoms with Gasteiger partial charge in [-0.25, -0.2) is 4.68 Å². The number of nitrogens with zero attached hydrogens (tertiary/aromatic N) is 4. The summed E-state index contributed by atoms with van der Waals surface area (Å²) in [5.74, 6) is -0.847. The van der Waals surface area contributed by atoms with Crippen molar-refractivity contribution in [3.8, 4) is 11.4 Å². The van der Waals surface area contributed by atoms with Crippen molar-refractivity contribution in [1.29, 1.82) is 0 Å². The molecule has 148 valence electrons. The Bertz CT molecular complexity index is 1230. The van der Waals surface area contributed by atoms with Crippen molar-refractivity contribution in [1.82, 2.24) is 9.78 Å². The lowest BCUT2D eigenvalue weighted by molar-refractivity contribution is -0.394. The molecule has 29 heavy (non-hydrogen) atoms. The highest BCUT2D eigenvalue weighted by Crippen LogP contribution is 2.39. The number of H-pyrrole nitrogens is 1. The fraction of sp³-hybridized carbons (Fsp3) is 0.0588. The van der Waals surface area contributed by atoms with E-state index in [1.54, 1.807) is 31.2 Å². The van der Waals surface area contributed by atoms with Crippen LogP contribution in [0.2, 0.25) is 5.02 Å². The van der Waals surface area contributed by atoms with Gasteiger partial charge in [0.15, 0.2) is 0 Å². The van der Waals surface area contributed by atoms with Gasteiger partial charge in [-0.1, -0.05) is 17.7 Å². The van der Waals surface area contributed by atoms with Crippen molar-refractivity contribution in [2.24, 2.45) is 4.99 Å². The van der Waals surface area contributed by atoms with Crippen LogP contribution in [0.15, 0.2) is 46.2 Å². The molecule has 2 N–H and O–H groups in total. The summed E-state index contributed by atoms with van der Waals surface area (Å²) in [6.07, 6.45) is 1.07. The van der Waals surface area contributed by atoms with E-state index in [0.717, 1.165) is 12.3 Å². The molecule has 1 heterocycles. The van der Waals surface area contributed by atoms with E-state index in [-0.39, 0.29) is 5.56 Å². The normalized spacial score (nSPS) is 11.1. The molecule has 0 fully saturated rings. The van der Waals surface area contributed by atoms with E-state index < -0.39 is 38.2 Å². The van der Waals surface area contributed by atoms with E-state index in [4.69, 9.17) is 11.6 Å². The quantitative estimate of drug-likeness (QED) is 0.368. The van der Waals surface area contributed by atoms with Crippen molar-refractivity contribution in [2.45, 2.75) is 6.92 Å². The Morgan fingerprint density at radius 2 is 1.93 bits per heavy atom. The third-order valence-electron chi connectivity index (χ3n) is 3.98. The summed E-state index contributed by atoms with van der Waals surface area (Å²) < 4.78 is 1.22. The molecule has 11 nitrogen and oxygen atoms in total. The molecule has 0 saturated carbocycles. The van der Waals surface area contributed by atoms with Gasteiger partial charge in [0.25, 0.3) is 11.2 Å². The molecule has 0 aliphatic rings. The molecule has 12 heteroatoms. The maximum absolute atomic E-state index is 12.7. The lowest BCUT2D eigenvalue weighted by Crippen LogP contribution is -2.17. The zero-order valence-electron chi connectivity index (χ0n) is 14.7. The number of rotatable bonds is 5. The summed E-state index contributed by atoms with van der Waals surface area (Å²) in [6, 6.07) is 8.02. The number of aromatic amines is 1. The van der Waals surface area contributed by atoms with Crippen LogP contribution in [0.25, 0.3) is 5.69 Å². The molecule has 3 aromatic rings. The van der Waals surface area contributed by atoms with E-state index in [0.29, 0.717) is 22.5 Å². The summed E-state index contributed by atoms with van der Waals surface area (Å²) in [4.78, 5) is 36.7. The number of halogens is 1. The Kier molecular flexibility index (Phi) is 5.15. The second-order valence-corrected chi connectivity index (χ2v) is 6.31. The summed E-state index contributed by atoms with van der Waals surface area (Å²) in [7, 11) is 0. The number of phenols is 1. The van der Waals surface area contributed by atoms with Gasteiger partial charge in [-0.2, -0.15) is 0 Å². The minimum absolute atomic E-state index is 0.0959. The number of hydrogen-bond donors (Lipinski definition) is 2. The van der Waals surface area contributed by atoms with Gasteiger partial charge in [0.05, 0.1) is 27.2 Å². The Labute approximate surface area is 166 Å². The number of nitrogens with one attached hydrogen (secondary N) is 1. The highest BCUT2D eigenvalue weighted by Gasteiger charge is 2.23. The maximum atomic E-state index is 12.7. The van der Waals surface area contributed by atoms with Crippen LogP contribution in [0.4, 0.5) is 17.1 Å². The Hall–Kier alpha value is -3.99. The summed E-state index contributed by atoms with van der Waals surface area (Å²) in [5, 5.41) is 35.3. The SMILES string of the molecule is Cc1[nH]n(-c2cccc(Cl)c2)c(=O)c1C=Nc1cc([N+](=O)[O-])cc([N+](=O)[O-])c1O. The van der Waals surface area contributed by atoms with E-state index in [9.17, 15) is 30.1 Å². The van der Waals surface area contributed by atoms with Crippen LogP contribution in [0, 0.1) is 27.2 Å². The van der Waals surface area contributed by atoms with Crippen LogP contribution in [-0.4, -0.2) is 30.9 Å². The van der Waals surface area contributed by atoms with Crippen LogP contribution in [0.3, 0.4) is 0 Å². The maximum Gasteiger partial charge on any atom is 0.319 e. The second-order valence-electron chi connectivity index (χ2n) is 5.88. The summed E-state index contributed by atoms with van der Waals surface area (Å²) in [6.45, 7) is 1.60. The number of phenolic OH excluding ortho intramolecular Hbond substituents is 1. The van der Waals surface area contributed by atoms with Crippen molar-refractivity contribution in [3.63, 3.8) is 0 Å². The zero-order valence-corrected chi connectivity index (χ0v) is 15.5. The van der Waals surface area contributed by atoms with Gasteiger partial charge in [0, 0.05) is 23.0 Å². The molecule has 0 aliphatic heterocycles. The summed E-state index contributed by atoms with van der Waals surface area (Å²) >= 11 is 5.94. The van der Waals surface area contributed by atoms with Gasteiger partial charge < -0.3 is 5.11 Å². The van der Waals surface area contributed by atoms with Crippen LogP contribution in [-0.2, 0) is 0 Å². The first-order valence-electron chi connectivity index (χ1n) is 7.96. The number of aryl methyl sites for hydroxylation is 1. The number of aromatic nitrogens is 2. The number of aromatic hydroxyl groups is 1. The number of aliphatic imine (C=N–C) groups is 1. The van der Waals surface area contributed by atoms with E-state index >= 15 is 0 Å². The first-order chi connectivity index (χ1) is 13.7. The van der Waals surface area contributed by atoms with Gasteiger partial charge >= 0.3 is 5.69 Å². The number of benzene rings is 2. The number of non-ortho nitro benzene ring substituents is 1. The molecule has 0 radical (unpaired) electrons. The van der Waals surface area contributed by atoms with Crippen molar-refractivity contribution in [3.05, 3.63) is 83.3 Å². The molecule has 0 atom stereocenters. The first-order valence-corrected chi connectivity index (χ1v) is 8.34. The lowest BCUT2D eigenvalue weighted by atomic mass is 10.2. The first kappa shape index (κ1) is 19.8. The molecule has 0 spiro atoms. The molecule has 0 amide bonds. The van der Waals surface area contributed by atoms with E-state index in [1.165, 1.54) is 4.68 Å². The molecular formula is C17H12ClN5O6. The molecule has 3 rings (SSSR count). The number of hydrogen-bond acceptors (Lipinski definition) is 7. The number of nitro groups is 2. The minimum atomic E-state index is -0.963. The predicted octanol–water partition coefficient (Wildman–Crippen LogP) is 3.40. The van der Waals surface area contributed by atoms with Crippen LogP contribution >= 0.6 is 11.6 Å². The van der Waals surface area contributed by atoms with Crippen LogP contribution in [0.1, 0.15) is 11.3 Å². The molecule has 0 unspecified atom stereocenters. The van der Waals surface area contributed by atoms with Gasteiger partial charge in [0.2, 0.25) is 5.75 Å². The lowest BCUT2D eigenvalue weighted by Gasteiger charge is -2.01. The molecule has 0 saturated heterocycles. The zero-order chi connectivity index (χ0) is 21.3. The smallest absolute Gasteiger partial charge is 0.319 e. The van der Waals surface area contributed by atoms with Gasteiger partial charge in [-0.15, -0.1) is 0 Å². The number of nitro benzene ring substituents is 2. The van der Waals surface area contributed by atoms with Gasteiger partial charge in [-0.05, 0) is 25.1 Å². The molecule has 0 bridgehead atoms. The third-order valence-corrected chi connectivity index (χ3v) is 4.21. The topological polar surface area (TPSA) is 157 Å². The molecule has 1 aromatic heterocycles. The van der Waals surface area contributed by atoms with Gasteiger partial charge in [-0.3, -0.25) is 35.1 Å². The van der Waals surface area contributed by atoms with Crippen molar-refractivity contribution >= 4 is 34.9 Å². The molecular weight excluding hydrogens is 406 g/mol. The van der Waals surface area contributed by atoms with Crippen molar-refractivity contribution in [2.75, 3.05) is 0 Å². The average molecular weight is 418 g/mol. The molecule has 2 aromatic carbocycles. The fourth-order valence-electron chi connectivity index (χ4n) is 2.58. The monoisotopic (exact) mass is 417 g/mol. The highest BCUT2D eigenvalue weighted by molar-refractivity contribution is 6.30. The van der Waals surface area contributed by atoms with Crippen LogP contribution in [0.5, 0.6) is 5.75 Å². The Morgan fingerprint density at radius 1 is 1.21 bits per heavy atom. The largest absolute Gasteiger partial charge is 0.501 e. The minimum Gasteiger partial charge on any atom is -0.501 e. The van der Waals surface area contributed by atoms with E-state index in [1.807, 2.05) is 0 Å². The van der Waals surface area contributed by atoms with Crippen LogP contribution < -0.4 is 5.56 Å². The fourth-order valence-corrected chi connectivity index (χ4v) is 2.76. The van der Waals surface area contributed by atoms with E-state index in [2.05, 4.69) is 10.1 Å². The second kappa shape index (κ2) is 7.56. The Balaban J connectivity index is 2.09.